The van der Waals surface area contributed by atoms with Crippen molar-refractivity contribution in [1.82, 2.24) is 9.97 Å². The molecule has 5 nitrogen and oxygen atoms in total. The maximum Gasteiger partial charge on any atom is 0.573 e. The van der Waals surface area contributed by atoms with Crippen LogP contribution in [-0.4, -0.2) is 28.5 Å². The van der Waals surface area contributed by atoms with Crippen molar-refractivity contribution in [3.05, 3.63) is 42.2 Å². The average molecular weight is 338 g/mol. The smallest absolute Gasteiger partial charge is 0.481 e. The molecule has 0 spiro atoms. The minimum absolute atomic E-state index is 0.300. The zero-order chi connectivity index (χ0) is 17.3. The maximum atomic E-state index is 12.4. The van der Waals surface area contributed by atoms with E-state index < -0.39 is 6.36 Å². The van der Waals surface area contributed by atoms with Crippen molar-refractivity contribution in [2.45, 2.75) is 13.0 Å². The third-order valence-electron chi connectivity index (χ3n) is 3.47. The van der Waals surface area contributed by atoms with Crippen LogP contribution in [0.3, 0.4) is 0 Å². The van der Waals surface area contributed by atoms with Crippen LogP contribution in [0.5, 0.6) is 11.6 Å². The summed E-state index contributed by atoms with van der Waals surface area (Å²) in [6.45, 7) is -0.300. The lowest BCUT2D eigenvalue weighted by atomic mass is 10.0. The molecular weight excluding hydrogens is 325 g/mol. The summed E-state index contributed by atoms with van der Waals surface area (Å²) in [7, 11) is 1.48. The monoisotopic (exact) mass is 338 g/mol. The van der Waals surface area contributed by atoms with E-state index >= 15 is 0 Å². The molecule has 0 aliphatic rings. The number of alkyl halides is 3. The van der Waals surface area contributed by atoms with Gasteiger partial charge in [-0.3, -0.25) is 0 Å². The number of rotatable bonds is 4. The van der Waals surface area contributed by atoms with E-state index in [0.29, 0.717) is 33.6 Å². The van der Waals surface area contributed by atoms with Crippen LogP contribution in [0, 0.1) is 0 Å². The first-order valence-electron chi connectivity index (χ1n) is 6.93. The number of methoxy groups -OCH3 is 1. The highest BCUT2D eigenvalue weighted by atomic mass is 19.4. The highest BCUT2D eigenvalue weighted by Gasteiger charge is 2.31. The SMILES string of the molecule is COc1ccc(-c2c(CO)[nH]c3ccc(OC(F)(F)F)cc23)cn1. The summed E-state index contributed by atoms with van der Waals surface area (Å²) in [5.41, 5.74) is 2.26. The molecule has 0 saturated carbocycles. The molecule has 2 aromatic heterocycles. The molecule has 24 heavy (non-hydrogen) atoms. The van der Waals surface area contributed by atoms with Crippen molar-refractivity contribution < 1.29 is 27.8 Å². The summed E-state index contributed by atoms with van der Waals surface area (Å²) in [5, 5.41) is 10.0. The minimum atomic E-state index is -4.77. The predicted octanol–water partition coefficient (Wildman–Crippen LogP) is 3.63. The zero-order valence-corrected chi connectivity index (χ0v) is 12.5. The quantitative estimate of drug-likeness (QED) is 0.762. The van der Waals surface area contributed by atoms with E-state index in [9.17, 15) is 18.3 Å². The standard InChI is InChI=1S/C16H13F3N2O3/c1-23-14-5-2-9(7-20-14)15-11-6-10(24-16(17,18)19)3-4-12(11)21-13(15)8-22/h2-7,21-22H,8H2,1H3. The van der Waals surface area contributed by atoms with E-state index in [4.69, 9.17) is 4.74 Å². The van der Waals surface area contributed by atoms with Crippen molar-refractivity contribution in [2.75, 3.05) is 7.11 Å². The molecule has 0 unspecified atom stereocenters. The first-order chi connectivity index (χ1) is 11.4. The van der Waals surface area contributed by atoms with Crippen LogP contribution < -0.4 is 9.47 Å². The molecule has 126 valence electrons. The molecule has 0 bridgehead atoms. The summed E-state index contributed by atoms with van der Waals surface area (Å²) in [6, 6.07) is 7.30. The van der Waals surface area contributed by atoms with E-state index in [1.54, 1.807) is 12.1 Å². The predicted molar refractivity (Wildman–Crippen MR) is 80.7 cm³/mol. The number of aliphatic hydroxyl groups excluding tert-OH is 1. The number of ether oxygens (including phenoxy) is 2. The molecule has 3 aromatic rings. The summed E-state index contributed by atoms with van der Waals surface area (Å²) in [6.07, 6.45) is -3.25. The molecule has 0 saturated heterocycles. The van der Waals surface area contributed by atoms with Crippen molar-refractivity contribution in [1.29, 1.82) is 0 Å². The van der Waals surface area contributed by atoms with Crippen molar-refractivity contribution >= 4 is 10.9 Å². The van der Waals surface area contributed by atoms with Crippen LogP contribution >= 0.6 is 0 Å². The number of benzene rings is 1. The molecule has 2 N–H and O–H groups in total. The highest BCUT2D eigenvalue weighted by Crippen LogP contribution is 2.36. The number of halogens is 3. The molecule has 1 aromatic carbocycles. The molecule has 8 heteroatoms. The third-order valence-corrected chi connectivity index (χ3v) is 3.47. The number of nitrogens with zero attached hydrogens (tertiary/aromatic N) is 1. The van der Waals surface area contributed by atoms with Crippen LogP contribution in [0.2, 0.25) is 0 Å². The lowest BCUT2D eigenvalue weighted by Gasteiger charge is -2.09. The molecule has 0 aliphatic heterocycles. The fourth-order valence-electron chi connectivity index (χ4n) is 2.52. The largest absolute Gasteiger partial charge is 0.573 e. The second kappa shape index (κ2) is 6.04. The Labute approximate surface area is 134 Å². The third kappa shape index (κ3) is 3.13. The van der Waals surface area contributed by atoms with Crippen LogP contribution in [0.15, 0.2) is 36.5 Å². The fourth-order valence-corrected chi connectivity index (χ4v) is 2.52. The Bertz CT molecular complexity index is 857. The molecule has 2 heterocycles. The van der Waals surface area contributed by atoms with Crippen molar-refractivity contribution in [2.24, 2.45) is 0 Å². The highest BCUT2D eigenvalue weighted by molar-refractivity contribution is 5.98. The molecule has 0 amide bonds. The van der Waals surface area contributed by atoms with E-state index in [-0.39, 0.29) is 12.4 Å². The molecule has 0 fully saturated rings. The van der Waals surface area contributed by atoms with Gasteiger partial charge < -0.3 is 19.6 Å². The molecule has 0 aliphatic carbocycles. The lowest BCUT2D eigenvalue weighted by molar-refractivity contribution is -0.274. The summed E-state index contributed by atoms with van der Waals surface area (Å²) >= 11 is 0. The Kier molecular flexibility index (Phi) is 4.06. The van der Waals surface area contributed by atoms with Gasteiger partial charge in [0.1, 0.15) is 5.75 Å². The van der Waals surface area contributed by atoms with Crippen molar-refractivity contribution in [3.63, 3.8) is 0 Å². The Morgan fingerprint density at radius 1 is 1.21 bits per heavy atom. The van der Waals surface area contributed by atoms with Gasteiger partial charge in [0.05, 0.1) is 13.7 Å². The number of aromatic amines is 1. The van der Waals surface area contributed by atoms with Gasteiger partial charge in [-0.2, -0.15) is 0 Å². The Balaban J connectivity index is 2.14. The Hall–Kier alpha value is -2.74. The Morgan fingerprint density at radius 3 is 2.58 bits per heavy atom. The zero-order valence-electron chi connectivity index (χ0n) is 12.5. The number of aliphatic hydroxyl groups is 1. The molecular formula is C16H13F3N2O3. The van der Waals surface area contributed by atoms with E-state index in [0.717, 1.165) is 0 Å². The average Bonchev–Trinajstić information content (AvgIpc) is 2.91. The number of hydrogen-bond acceptors (Lipinski definition) is 4. The molecule has 0 atom stereocenters. The summed E-state index contributed by atoms with van der Waals surface area (Å²) < 4.78 is 46.2. The number of pyridine rings is 1. The second-order valence-electron chi connectivity index (χ2n) is 4.98. The van der Waals surface area contributed by atoms with Gasteiger partial charge in [0.25, 0.3) is 0 Å². The van der Waals surface area contributed by atoms with Gasteiger partial charge >= 0.3 is 6.36 Å². The van der Waals surface area contributed by atoms with E-state index in [1.807, 2.05) is 0 Å². The second-order valence-corrected chi connectivity index (χ2v) is 4.98. The topological polar surface area (TPSA) is 67.4 Å². The first-order valence-corrected chi connectivity index (χ1v) is 6.93. The van der Waals surface area contributed by atoms with Crippen LogP contribution in [0.25, 0.3) is 22.0 Å². The van der Waals surface area contributed by atoms with Crippen LogP contribution in [0.1, 0.15) is 5.69 Å². The summed E-state index contributed by atoms with van der Waals surface area (Å²) in [5.74, 6) is 0.0754. The van der Waals surface area contributed by atoms with Crippen molar-refractivity contribution in [3.8, 4) is 22.8 Å². The summed E-state index contributed by atoms with van der Waals surface area (Å²) in [4.78, 5) is 7.07. The van der Waals surface area contributed by atoms with E-state index in [1.165, 1.54) is 31.5 Å². The number of H-pyrrole nitrogens is 1. The minimum Gasteiger partial charge on any atom is -0.481 e. The van der Waals surface area contributed by atoms with Crippen LogP contribution in [0.4, 0.5) is 13.2 Å². The fraction of sp³-hybridized carbons (Fsp3) is 0.188. The lowest BCUT2D eigenvalue weighted by Crippen LogP contribution is -2.16. The van der Waals surface area contributed by atoms with Gasteiger partial charge in [0, 0.05) is 40.0 Å². The number of fused-ring (bicyclic) bond motifs is 1. The molecule has 3 rings (SSSR count). The molecule has 0 radical (unpaired) electrons. The van der Waals surface area contributed by atoms with Gasteiger partial charge in [-0.25, -0.2) is 4.98 Å². The maximum absolute atomic E-state index is 12.4. The first kappa shape index (κ1) is 16.1. The van der Waals surface area contributed by atoms with Gasteiger partial charge in [0.2, 0.25) is 5.88 Å². The number of hydrogen-bond donors (Lipinski definition) is 2. The van der Waals surface area contributed by atoms with Gasteiger partial charge in [0.15, 0.2) is 0 Å². The Morgan fingerprint density at radius 2 is 2.00 bits per heavy atom. The number of nitrogens with one attached hydrogen (secondary N) is 1. The normalized spacial score (nSPS) is 11.7. The van der Waals surface area contributed by atoms with Gasteiger partial charge in [-0.05, 0) is 24.3 Å². The van der Waals surface area contributed by atoms with Gasteiger partial charge in [-0.15, -0.1) is 13.2 Å². The van der Waals surface area contributed by atoms with E-state index in [2.05, 4.69) is 14.7 Å². The number of aromatic nitrogens is 2. The van der Waals surface area contributed by atoms with Gasteiger partial charge in [-0.1, -0.05) is 0 Å². The van der Waals surface area contributed by atoms with Crippen LogP contribution in [-0.2, 0) is 6.61 Å².